The molecule has 0 aliphatic carbocycles. The highest BCUT2D eigenvalue weighted by atomic mass is 16.5. The van der Waals surface area contributed by atoms with Crippen LogP contribution in [-0.2, 0) is 9.53 Å². The molecule has 6 nitrogen and oxygen atoms in total. The first-order valence-corrected chi connectivity index (χ1v) is 9.64. The summed E-state index contributed by atoms with van der Waals surface area (Å²) >= 11 is 0. The van der Waals surface area contributed by atoms with Crippen molar-refractivity contribution in [2.24, 2.45) is 5.92 Å². The second-order valence-electron chi connectivity index (χ2n) is 6.68. The molecular formula is C22H30N2O4. The van der Waals surface area contributed by atoms with Gasteiger partial charge in [0.15, 0.2) is 0 Å². The van der Waals surface area contributed by atoms with Gasteiger partial charge in [0.05, 0.1) is 25.4 Å². The Bertz CT molecular complexity index is 734. The average Bonchev–Trinajstić information content (AvgIpc) is 2.69. The van der Waals surface area contributed by atoms with Crippen LogP contribution in [-0.4, -0.2) is 38.9 Å². The molecule has 0 spiro atoms. The molecule has 0 aliphatic rings. The summed E-state index contributed by atoms with van der Waals surface area (Å²) in [6.45, 7) is 8.53. The van der Waals surface area contributed by atoms with E-state index >= 15 is 0 Å². The Kier molecular flexibility index (Phi) is 9.15. The van der Waals surface area contributed by atoms with Crippen LogP contribution in [0.1, 0.15) is 20.8 Å². The van der Waals surface area contributed by atoms with E-state index in [1.807, 2.05) is 55.5 Å². The van der Waals surface area contributed by atoms with Gasteiger partial charge in [0, 0.05) is 18.4 Å². The third kappa shape index (κ3) is 7.88. The maximum absolute atomic E-state index is 12.3. The summed E-state index contributed by atoms with van der Waals surface area (Å²) in [7, 11) is 0. The zero-order chi connectivity index (χ0) is 20.2. The van der Waals surface area contributed by atoms with E-state index in [-0.39, 0.29) is 12.5 Å². The quantitative estimate of drug-likeness (QED) is 0.536. The molecule has 28 heavy (non-hydrogen) atoms. The maximum atomic E-state index is 12.3. The number of carbonyl (C=O) groups is 1. The van der Waals surface area contributed by atoms with Crippen molar-refractivity contribution in [1.82, 2.24) is 0 Å². The number of para-hydroxylation sites is 2. The molecule has 6 heteroatoms. The van der Waals surface area contributed by atoms with E-state index in [0.717, 1.165) is 11.4 Å². The summed E-state index contributed by atoms with van der Waals surface area (Å²) < 4.78 is 16.7. The first-order valence-electron chi connectivity index (χ1n) is 9.64. The van der Waals surface area contributed by atoms with Crippen LogP contribution in [0, 0.1) is 5.92 Å². The lowest BCUT2D eigenvalue weighted by Crippen LogP contribution is -2.22. The monoisotopic (exact) mass is 386 g/mol. The third-order valence-electron chi connectivity index (χ3n) is 3.72. The SMILES string of the molecule is CCOCCOc1ccccc1NC(=O)CNc1cccc(OCC(C)C)c1. The van der Waals surface area contributed by atoms with Gasteiger partial charge in [0.2, 0.25) is 5.91 Å². The fourth-order valence-electron chi connectivity index (χ4n) is 2.39. The first-order chi connectivity index (χ1) is 13.6. The zero-order valence-electron chi connectivity index (χ0n) is 16.9. The Morgan fingerprint density at radius 3 is 2.64 bits per heavy atom. The molecule has 0 atom stereocenters. The summed E-state index contributed by atoms with van der Waals surface area (Å²) in [5.41, 5.74) is 1.47. The number of benzene rings is 2. The third-order valence-corrected chi connectivity index (χ3v) is 3.72. The minimum absolute atomic E-state index is 0.140. The smallest absolute Gasteiger partial charge is 0.243 e. The number of hydrogen-bond donors (Lipinski definition) is 2. The van der Waals surface area contributed by atoms with Crippen molar-refractivity contribution >= 4 is 17.3 Å². The van der Waals surface area contributed by atoms with E-state index in [4.69, 9.17) is 14.2 Å². The van der Waals surface area contributed by atoms with Gasteiger partial charge in [-0.2, -0.15) is 0 Å². The lowest BCUT2D eigenvalue weighted by molar-refractivity contribution is -0.114. The molecule has 0 aromatic heterocycles. The number of hydrogen-bond acceptors (Lipinski definition) is 5. The zero-order valence-corrected chi connectivity index (χ0v) is 16.9. The molecular weight excluding hydrogens is 356 g/mol. The standard InChI is InChI=1S/C22H30N2O4/c1-4-26-12-13-27-21-11-6-5-10-20(21)24-22(25)15-23-18-8-7-9-19(14-18)28-16-17(2)3/h5-11,14,17,23H,4,12-13,15-16H2,1-3H3,(H,24,25). The molecule has 2 N–H and O–H groups in total. The van der Waals surface area contributed by atoms with Crippen molar-refractivity contribution in [1.29, 1.82) is 0 Å². The van der Waals surface area contributed by atoms with Crippen LogP contribution in [0.15, 0.2) is 48.5 Å². The van der Waals surface area contributed by atoms with Crippen LogP contribution in [0.4, 0.5) is 11.4 Å². The van der Waals surface area contributed by atoms with E-state index in [1.165, 1.54) is 0 Å². The number of carbonyl (C=O) groups excluding carboxylic acids is 1. The molecule has 2 aromatic rings. The molecule has 0 bridgehead atoms. The maximum Gasteiger partial charge on any atom is 0.243 e. The van der Waals surface area contributed by atoms with E-state index in [0.29, 0.717) is 43.8 Å². The highest BCUT2D eigenvalue weighted by molar-refractivity contribution is 5.95. The molecule has 0 saturated carbocycles. The van der Waals surface area contributed by atoms with Crippen LogP contribution in [0.5, 0.6) is 11.5 Å². The van der Waals surface area contributed by atoms with Gasteiger partial charge >= 0.3 is 0 Å². The second kappa shape index (κ2) is 11.9. The summed E-state index contributed by atoms with van der Waals surface area (Å²) in [4.78, 5) is 12.3. The predicted molar refractivity (Wildman–Crippen MR) is 112 cm³/mol. The number of anilines is 2. The highest BCUT2D eigenvalue weighted by Crippen LogP contribution is 2.23. The summed E-state index contributed by atoms with van der Waals surface area (Å²) in [6.07, 6.45) is 0. The molecule has 2 aromatic carbocycles. The molecule has 0 heterocycles. The molecule has 2 rings (SSSR count). The lowest BCUT2D eigenvalue weighted by Gasteiger charge is -2.13. The summed E-state index contributed by atoms with van der Waals surface area (Å²) in [5, 5.41) is 6.00. The van der Waals surface area contributed by atoms with Gasteiger partial charge in [0.1, 0.15) is 18.1 Å². The van der Waals surface area contributed by atoms with Crippen molar-refractivity contribution in [2.45, 2.75) is 20.8 Å². The Labute approximate surface area is 167 Å². The molecule has 0 saturated heterocycles. The molecule has 0 radical (unpaired) electrons. The Hall–Kier alpha value is -2.73. The van der Waals surface area contributed by atoms with Gasteiger partial charge in [-0.15, -0.1) is 0 Å². The first kappa shape index (κ1) is 21.6. The van der Waals surface area contributed by atoms with Crippen molar-refractivity contribution in [3.63, 3.8) is 0 Å². The van der Waals surface area contributed by atoms with Crippen LogP contribution in [0.3, 0.4) is 0 Å². The number of amides is 1. The number of nitrogens with one attached hydrogen (secondary N) is 2. The van der Waals surface area contributed by atoms with Crippen LogP contribution in [0.2, 0.25) is 0 Å². The van der Waals surface area contributed by atoms with Crippen molar-refractivity contribution in [2.75, 3.05) is 43.6 Å². The van der Waals surface area contributed by atoms with Gasteiger partial charge in [-0.1, -0.05) is 32.0 Å². The fourth-order valence-corrected chi connectivity index (χ4v) is 2.39. The van der Waals surface area contributed by atoms with Gasteiger partial charge in [0.25, 0.3) is 0 Å². The minimum Gasteiger partial charge on any atom is -0.493 e. The fraction of sp³-hybridized carbons (Fsp3) is 0.409. The van der Waals surface area contributed by atoms with Crippen molar-refractivity contribution < 1.29 is 19.0 Å². The Morgan fingerprint density at radius 1 is 1.04 bits per heavy atom. The topological polar surface area (TPSA) is 68.8 Å². The predicted octanol–water partition coefficient (Wildman–Crippen LogP) is 4.19. The van der Waals surface area contributed by atoms with Crippen LogP contribution >= 0.6 is 0 Å². The Morgan fingerprint density at radius 2 is 1.86 bits per heavy atom. The molecule has 0 aliphatic heterocycles. The molecule has 0 unspecified atom stereocenters. The summed E-state index contributed by atoms with van der Waals surface area (Å²) in [6, 6.07) is 15.0. The van der Waals surface area contributed by atoms with Crippen LogP contribution < -0.4 is 20.1 Å². The average molecular weight is 386 g/mol. The van der Waals surface area contributed by atoms with Crippen LogP contribution in [0.25, 0.3) is 0 Å². The number of rotatable bonds is 12. The van der Waals surface area contributed by atoms with Gasteiger partial charge < -0.3 is 24.8 Å². The van der Waals surface area contributed by atoms with E-state index in [2.05, 4.69) is 24.5 Å². The normalized spacial score (nSPS) is 10.6. The largest absolute Gasteiger partial charge is 0.493 e. The summed E-state index contributed by atoms with van der Waals surface area (Å²) in [5.74, 6) is 1.71. The van der Waals surface area contributed by atoms with Gasteiger partial charge in [-0.3, -0.25) is 4.79 Å². The van der Waals surface area contributed by atoms with E-state index in [1.54, 1.807) is 0 Å². The lowest BCUT2D eigenvalue weighted by atomic mass is 10.2. The van der Waals surface area contributed by atoms with Crippen molar-refractivity contribution in [3.8, 4) is 11.5 Å². The molecule has 1 amide bonds. The molecule has 0 fully saturated rings. The van der Waals surface area contributed by atoms with E-state index < -0.39 is 0 Å². The Balaban J connectivity index is 1.85. The van der Waals surface area contributed by atoms with Gasteiger partial charge in [-0.05, 0) is 37.1 Å². The van der Waals surface area contributed by atoms with Crippen molar-refractivity contribution in [3.05, 3.63) is 48.5 Å². The second-order valence-corrected chi connectivity index (χ2v) is 6.68. The minimum atomic E-state index is -0.158. The number of ether oxygens (including phenoxy) is 3. The highest BCUT2D eigenvalue weighted by Gasteiger charge is 2.08. The van der Waals surface area contributed by atoms with Gasteiger partial charge in [-0.25, -0.2) is 0 Å². The molecule has 152 valence electrons. The van der Waals surface area contributed by atoms with E-state index in [9.17, 15) is 4.79 Å².